The van der Waals surface area contributed by atoms with Crippen LogP contribution in [0.4, 0.5) is 0 Å². The minimum atomic E-state index is -3.75. The molecule has 1 aliphatic rings. The zero-order valence-corrected chi connectivity index (χ0v) is 16.3. The first-order valence-electron chi connectivity index (χ1n) is 8.72. The zero-order valence-electron chi connectivity index (χ0n) is 14.8. The van der Waals surface area contributed by atoms with Gasteiger partial charge in [0.25, 0.3) is 0 Å². The summed E-state index contributed by atoms with van der Waals surface area (Å²) >= 11 is 5.86. The molecule has 1 aliphatic heterocycles. The van der Waals surface area contributed by atoms with Crippen molar-refractivity contribution in [2.75, 3.05) is 26.2 Å². The molecular formula is C19H23ClN2O4S. The molecule has 8 heteroatoms. The van der Waals surface area contributed by atoms with E-state index in [0.29, 0.717) is 11.6 Å². The monoisotopic (exact) mass is 410 g/mol. The van der Waals surface area contributed by atoms with Gasteiger partial charge in [0, 0.05) is 24.7 Å². The molecule has 1 fully saturated rings. The van der Waals surface area contributed by atoms with E-state index in [1.807, 2.05) is 24.3 Å². The van der Waals surface area contributed by atoms with Gasteiger partial charge in [-0.1, -0.05) is 41.9 Å². The Balaban J connectivity index is 1.57. The fourth-order valence-electron chi connectivity index (χ4n) is 3.13. The molecule has 0 saturated carbocycles. The highest BCUT2D eigenvalue weighted by Crippen LogP contribution is 2.27. The lowest BCUT2D eigenvalue weighted by atomic mass is 10.0. The predicted molar refractivity (Wildman–Crippen MR) is 104 cm³/mol. The van der Waals surface area contributed by atoms with Crippen LogP contribution in [0.5, 0.6) is 0 Å². The Hall–Kier alpha value is -1.48. The third-order valence-electron chi connectivity index (χ3n) is 4.76. The minimum absolute atomic E-state index is 0.0998. The third-order valence-corrected chi connectivity index (χ3v) is 6.84. The van der Waals surface area contributed by atoms with E-state index in [-0.39, 0.29) is 24.5 Å². The van der Waals surface area contributed by atoms with Crippen LogP contribution in [0.25, 0.3) is 0 Å². The molecule has 3 rings (SSSR count). The molecule has 0 unspecified atom stereocenters. The Labute approximate surface area is 164 Å². The van der Waals surface area contributed by atoms with Crippen LogP contribution >= 0.6 is 11.6 Å². The number of sulfonamides is 1. The Bertz CT molecular complexity index is 861. The van der Waals surface area contributed by atoms with E-state index in [0.717, 1.165) is 16.3 Å². The molecule has 2 atom stereocenters. The molecule has 0 bridgehead atoms. The Morgan fingerprint density at radius 2 is 1.81 bits per heavy atom. The highest BCUT2D eigenvalue weighted by atomic mass is 35.5. The number of aliphatic hydroxyl groups excluding tert-OH is 1. The quantitative estimate of drug-likeness (QED) is 0.598. The van der Waals surface area contributed by atoms with E-state index in [9.17, 15) is 18.6 Å². The summed E-state index contributed by atoms with van der Waals surface area (Å²) in [6.45, 7) is 0.399. The molecule has 27 heavy (non-hydrogen) atoms. The van der Waals surface area contributed by atoms with Crippen LogP contribution < -0.4 is 5.32 Å². The van der Waals surface area contributed by atoms with Crippen LogP contribution in [0.1, 0.15) is 5.56 Å². The molecule has 3 N–H and O–H groups in total. The topological polar surface area (TPSA) is 89.9 Å². The summed E-state index contributed by atoms with van der Waals surface area (Å²) in [5.74, 6) is 0. The molecule has 0 spiro atoms. The number of benzene rings is 2. The molecule has 0 aromatic heterocycles. The summed E-state index contributed by atoms with van der Waals surface area (Å²) in [4.78, 5) is 0.150. The fourth-order valence-corrected chi connectivity index (χ4v) is 4.78. The minimum Gasteiger partial charge on any atom is -0.389 e. The summed E-state index contributed by atoms with van der Waals surface area (Å²) in [6.07, 6.45) is -0.422. The van der Waals surface area contributed by atoms with Gasteiger partial charge in [0.1, 0.15) is 5.60 Å². The van der Waals surface area contributed by atoms with Crippen molar-refractivity contribution in [1.29, 1.82) is 0 Å². The molecule has 146 valence electrons. The molecule has 2 aromatic rings. The zero-order chi connectivity index (χ0) is 19.5. The van der Waals surface area contributed by atoms with Crippen LogP contribution in [-0.4, -0.2) is 60.8 Å². The predicted octanol–water partition coefficient (Wildman–Crippen LogP) is 1.27. The molecule has 6 nitrogen and oxygen atoms in total. The lowest BCUT2D eigenvalue weighted by Gasteiger charge is -2.26. The smallest absolute Gasteiger partial charge is 0.243 e. The number of hydrogen-bond donors (Lipinski definition) is 3. The average Bonchev–Trinajstić information content (AvgIpc) is 2.97. The van der Waals surface area contributed by atoms with Gasteiger partial charge in [-0.2, -0.15) is 4.31 Å². The normalized spacial score (nSPS) is 23.6. The Morgan fingerprint density at radius 3 is 2.48 bits per heavy atom. The Kier molecular flexibility index (Phi) is 6.20. The average molecular weight is 411 g/mol. The van der Waals surface area contributed by atoms with Crippen LogP contribution in [0.3, 0.4) is 0 Å². The number of β-amino-alcohol motifs (C(OH)–C–C–N with tert-alkyl or cyclic N) is 2. The van der Waals surface area contributed by atoms with Crippen molar-refractivity contribution in [2.24, 2.45) is 0 Å². The number of nitrogens with one attached hydrogen (secondary N) is 1. The second-order valence-electron chi connectivity index (χ2n) is 6.78. The van der Waals surface area contributed by atoms with Crippen molar-refractivity contribution in [3.63, 3.8) is 0 Å². The molecule has 2 aromatic carbocycles. The van der Waals surface area contributed by atoms with Crippen LogP contribution in [0.15, 0.2) is 59.5 Å². The Morgan fingerprint density at radius 1 is 1.15 bits per heavy atom. The van der Waals surface area contributed by atoms with Crippen LogP contribution in [0.2, 0.25) is 5.02 Å². The summed E-state index contributed by atoms with van der Waals surface area (Å²) in [5, 5.41) is 24.8. The largest absolute Gasteiger partial charge is 0.389 e. The van der Waals surface area contributed by atoms with Crippen molar-refractivity contribution in [1.82, 2.24) is 9.62 Å². The SMILES string of the molecule is O=S(=O)(c1ccccc1)N1C[C@@H](O)[C@](O)(CNCCc2ccc(Cl)cc2)C1. The van der Waals surface area contributed by atoms with Crippen molar-refractivity contribution in [3.05, 3.63) is 65.2 Å². The summed E-state index contributed by atoms with van der Waals surface area (Å²) in [6, 6.07) is 15.5. The highest BCUT2D eigenvalue weighted by molar-refractivity contribution is 7.89. The van der Waals surface area contributed by atoms with Gasteiger partial charge in [-0.3, -0.25) is 0 Å². The molecule has 1 heterocycles. The van der Waals surface area contributed by atoms with Gasteiger partial charge in [0.15, 0.2) is 0 Å². The maximum atomic E-state index is 12.7. The van der Waals surface area contributed by atoms with Crippen molar-refractivity contribution >= 4 is 21.6 Å². The van der Waals surface area contributed by atoms with Gasteiger partial charge in [0.2, 0.25) is 10.0 Å². The lowest BCUT2D eigenvalue weighted by molar-refractivity contribution is -0.0380. The van der Waals surface area contributed by atoms with Crippen molar-refractivity contribution < 1.29 is 18.6 Å². The van der Waals surface area contributed by atoms with E-state index in [4.69, 9.17) is 11.6 Å². The molecule has 0 amide bonds. The maximum absolute atomic E-state index is 12.7. The number of hydrogen-bond acceptors (Lipinski definition) is 5. The number of aliphatic hydroxyl groups is 2. The summed E-state index contributed by atoms with van der Waals surface area (Å²) in [5.41, 5.74) is -0.430. The highest BCUT2D eigenvalue weighted by Gasteiger charge is 2.48. The number of nitrogens with zero attached hydrogens (tertiary/aromatic N) is 1. The first kappa shape index (κ1) is 20.3. The van der Waals surface area contributed by atoms with E-state index < -0.39 is 21.7 Å². The van der Waals surface area contributed by atoms with E-state index >= 15 is 0 Å². The first-order valence-corrected chi connectivity index (χ1v) is 10.5. The van der Waals surface area contributed by atoms with Crippen LogP contribution in [0, 0.1) is 0 Å². The number of rotatable bonds is 7. The lowest BCUT2D eigenvalue weighted by Crippen LogP contribution is -2.50. The maximum Gasteiger partial charge on any atom is 0.243 e. The molecule has 1 saturated heterocycles. The van der Waals surface area contributed by atoms with Crippen molar-refractivity contribution in [2.45, 2.75) is 23.0 Å². The van der Waals surface area contributed by atoms with Gasteiger partial charge in [-0.05, 0) is 42.8 Å². The van der Waals surface area contributed by atoms with Gasteiger partial charge >= 0.3 is 0 Å². The van der Waals surface area contributed by atoms with E-state index in [2.05, 4.69) is 5.32 Å². The van der Waals surface area contributed by atoms with Crippen molar-refractivity contribution in [3.8, 4) is 0 Å². The standard InChI is InChI=1S/C19H23ClN2O4S/c20-16-8-6-15(7-9-16)10-11-21-13-19(24)14-22(12-18(19)23)27(25,26)17-4-2-1-3-5-17/h1-9,18,21,23-24H,10-14H2/t18-,19+/m1/s1. The van der Waals surface area contributed by atoms with Gasteiger partial charge < -0.3 is 15.5 Å². The summed E-state index contributed by atoms with van der Waals surface area (Å²) < 4.78 is 26.5. The second kappa shape index (κ2) is 8.26. The first-order chi connectivity index (χ1) is 12.8. The van der Waals surface area contributed by atoms with Gasteiger partial charge in [-0.15, -0.1) is 0 Å². The molecule has 0 aliphatic carbocycles. The molecule has 0 radical (unpaired) electrons. The van der Waals surface area contributed by atoms with Crippen LogP contribution in [-0.2, 0) is 16.4 Å². The summed E-state index contributed by atoms with van der Waals surface area (Å²) in [7, 11) is -3.75. The second-order valence-corrected chi connectivity index (χ2v) is 9.16. The fraction of sp³-hybridized carbons (Fsp3) is 0.368. The molecular weight excluding hydrogens is 388 g/mol. The van der Waals surface area contributed by atoms with Gasteiger partial charge in [0.05, 0.1) is 11.0 Å². The van der Waals surface area contributed by atoms with E-state index in [1.165, 1.54) is 12.1 Å². The number of halogens is 1. The third kappa shape index (κ3) is 4.68. The van der Waals surface area contributed by atoms with Gasteiger partial charge in [-0.25, -0.2) is 8.42 Å². The van der Waals surface area contributed by atoms with E-state index in [1.54, 1.807) is 18.2 Å².